The van der Waals surface area contributed by atoms with E-state index in [1.807, 2.05) is 0 Å². The van der Waals surface area contributed by atoms with E-state index in [0.717, 1.165) is 27.6 Å². The number of fused-ring (bicyclic) bond motifs is 1. The molecule has 1 heterocycles. The zero-order valence-electron chi connectivity index (χ0n) is 16.6. The zero-order chi connectivity index (χ0) is 19.8. The van der Waals surface area contributed by atoms with Gasteiger partial charge in [-0.1, -0.05) is 32.9 Å². The summed E-state index contributed by atoms with van der Waals surface area (Å²) >= 11 is 0. The van der Waals surface area contributed by atoms with Gasteiger partial charge in [-0.25, -0.2) is 0 Å². The second-order valence-corrected chi connectivity index (χ2v) is 8.12. The van der Waals surface area contributed by atoms with E-state index in [1.165, 1.54) is 11.6 Å². The summed E-state index contributed by atoms with van der Waals surface area (Å²) in [6, 6.07) is 9.21. The van der Waals surface area contributed by atoms with Crippen LogP contribution in [-0.2, 0) is 28.0 Å². The molecule has 0 fully saturated rings. The van der Waals surface area contributed by atoms with Crippen molar-refractivity contribution in [2.45, 2.75) is 53.1 Å². The number of hydrogen-bond donors (Lipinski definition) is 1. The van der Waals surface area contributed by atoms with Crippen molar-refractivity contribution in [3.63, 3.8) is 0 Å². The minimum atomic E-state index is -0.301. The smallest absolute Gasteiger partial charge is 0.310 e. The van der Waals surface area contributed by atoms with Crippen molar-refractivity contribution in [2.75, 3.05) is 0 Å². The van der Waals surface area contributed by atoms with Gasteiger partial charge < -0.3 is 14.3 Å². The van der Waals surface area contributed by atoms with Gasteiger partial charge in [0.25, 0.3) is 0 Å². The van der Waals surface area contributed by atoms with Crippen LogP contribution in [0.4, 0.5) is 0 Å². The molecule has 142 valence electrons. The summed E-state index contributed by atoms with van der Waals surface area (Å²) < 4.78 is 10.9. The third-order valence-electron chi connectivity index (χ3n) is 4.91. The second kappa shape index (κ2) is 7.10. The summed E-state index contributed by atoms with van der Waals surface area (Å²) in [5, 5.41) is 10.3. The second-order valence-electron chi connectivity index (χ2n) is 8.12. The number of carbonyl (C=O) groups excluding carboxylic acids is 1. The van der Waals surface area contributed by atoms with Crippen LogP contribution < -0.4 is 0 Å². The molecule has 4 heteroatoms. The van der Waals surface area contributed by atoms with Gasteiger partial charge in [-0.15, -0.1) is 0 Å². The van der Waals surface area contributed by atoms with E-state index < -0.39 is 0 Å². The number of esters is 1. The molecule has 27 heavy (non-hydrogen) atoms. The Morgan fingerprint density at radius 3 is 2.41 bits per heavy atom. The molecule has 0 aliphatic rings. The Bertz CT molecular complexity index is 966. The molecule has 0 saturated heterocycles. The lowest BCUT2D eigenvalue weighted by atomic mass is 9.84. The van der Waals surface area contributed by atoms with Crippen molar-refractivity contribution in [1.29, 1.82) is 0 Å². The summed E-state index contributed by atoms with van der Waals surface area (Å²) in [7, 11) is 0. The molecule has 4 nitrogen and oxygen atoms in total. The molecular weight excluding hydrogens is 340 g/mol. The molecule has 0 aliphatic heterocycles. The number of benzene rings is 2. The average Bonchev–Trinajstić information content (AvgIpc) is 2.95. The summed E-state index contributed by atoms with van der Waals surface area (Å²) in [5.41, 5.74) is 6.00. The molecule has 1 aromatic heterocycles. The van der Waals surface area contributed by atoms with Crippen molar-refractivity contribution in [2.24, 2.45) is 0 Å². The first kappa shape index (κ1) is 19.0. The number of aromatic hydroxyl groups is 1. The Kier molecular flexibility index (Phi) is 5.01. The first-order valence-corrected chi connectivity index (χ1v) is 9.10. The third-order valence-corrected chi connectivity index (χ3v) is 4.91. The van der Waals surface area contributed by atoms with Crippen LogP contribution in [0.2, 0.25) is 0 Å². The maximum Gasteiger partial charge on any atom is 0.310 e. The minimum absolute atomic E-state index is 0.0848. The third kappa shape index (κ3) is 4.16. The van der Waals surface area contributed by atoms with Crippen molar-refractivity contribution in [3.05, 3.63) is 64.4 Å². The highest BCUT2D eigenvalue weighted by Gasteiger charge is 2.17. The minimum Gasteiger partial charge on any atom is -0.508 e. The molecule has 3 aromatic rings. The van der Waals surface area contributed by atoms with Gasteiger partial charge in [0.1, 0.15) is 17.9 Å². The predicted octanol–water partition coefficient (Wildman–Crippen LogP) is 5.34. The van der Waals surface area contributed by atoms with Gasteiger partial charge in [0, 0.05) is 17.0 Å². The molecule has 0 radical (unpaired) electrons. The van der Waals surface area contributed by atoms with Crippen LogP contribution in [0.15, 0.2) is 41.0 Å². The highest BCUT2D eigenvalue weighted by Crippen LogP contribution is 2.28. The highest BCUT2D eigenvalue weighted by molar-refractivity contribution is 5.86. The SMILES string of the molecule is Cc1cc(C(C)(C)C)cc(C)c1COC(=O)Cc1coc2cc(O)ccc12. The van der Waals surface area contributed by atoms with Crippen molar-refractivity contribution >= 4 is 16.9 Å². The van der Waals surface area contributed by atoms with Crippen LogP contribution in [0, 0.1) is 13.8 Å². The summed E-state index contributed by atoms with van der Waals surface area (Å²) in [4.78, 5) is 12.3. The lowest BCUT2D eigenvalue weighted by molar-refractivity contribution is -0.144. The van der Waals surface area contributed by atoms with Gasteiger partial charge in [0.05, 0.1) is 12.7 Å². The normalized spacial score (nSPS) is 11.7. The van der Waals surface area contributed by atoms with Crippen LogP contribution >= 0.6 is 0 Å². The maximum atomic E-state index is 12.3. The van der Waals surface area contributed by atoms with Crippen molar-refractivity contribution < 1.29 is 19.1 Å². The Balaban J connectivity index is 1.70. The fourth-order valence-corrected chi connectivity index (χ4v) is 3.22. The number of aryl methyl sites for hydroxylation is 2. The van der Waals surface area contributed by atoms with E-state index in [2.05, 4.69) is 46.8 Å². The summed E-state index contributed by atoms with van der Waals surface area (Å²) in [5.74, 6) is -0.167. The molecule has 0 unspecified atom stereocenters. The average molecular weight is 366 g/mol. The molecule has 0 bridgehead atoms. The fourth-order valence-electron chi connectivity index (χ4n) is 3.22. The summed E-state index contributed by atoms with van der Waals surface area (Å²) in [6.07, 6.45) is 1.68. The topological polar surface area (TPSA) is 59.7 Å². The Hall–Kier alpha value is -2.75. The highest BCUT2D eigenvalue weighted by atomic mass is 16.5. The van der Waals surface area contributed by atoms with Gasteiger partial charge >= 0.3 is 5.97 Å². The lowest BCUT2D eigenvalue weighted by Gasteiger charge is -2.22. The largest absolute Gasteiger partial charge is 0.508 e. The van der Waals surface area contributed by atoms with E-state index in [9.17, 15) is 9.90 Å². The van der Waals surface area contributed by atoms with E-state index >= 15 is 0 Å². The van der Waals surface area contributed by atoms with Gasteiger partial charge in [-0.2, -0.15) is 0 Å². The number of phenolic OH excluding ortho intramolecular Hbond substituents is 1. The molecule has 2 aromatic carbocycles. The zero-order valence-corrected chi connectivity index (χ0v) is 16.6. The quantitative estimate of drug-likeness (QED) is 0.633. The molecule has 1 N–H and O–H groups in total. The first-order chi connectivity index (χ1) is 12.6. The molecule has 0 atom stereocenters. The van der Waals surface area contributed by atoms with Gasteiger partial charge in [-0.3, -0.25) is 4.79 Å². The van der Waals surface area contributed by atoms with Crippen molar-refractivity contribution in [1.82, 2.24) is 0 Å². The number of rotatable bonds is 4. The lowest BCUT2D eigenvalue weighted by Crippen LogP contribution is -2.14. The number of furan rings is 1. The number of phenols is 1. The fraction of sp³-hybridized carbons (Fsp3) is 0.348. The first-order valence-electron chi connectivity index (χ1n) is 9.10. The molecule has 0 amide bonds. The van der Waals surface area contributed by atoms with Crippen LogP contribution in [0.5, 0.6) is 5.75 Å². The van der Waals surface area contributed by atoms with Crippen LogP contribution in [0.3, 0.4) is 0 Å². The molecule has 0 aliphatic carbocycles. The van der Waals surface area contributed by atoms with Crippen LogP contribution in [-0.4, -0.2) is 11.1 Å². The Morgan fingerprint density at radius 1 is 1.11 bits per heavy atom. The van der Waals surface area contributed by atoms with Gasteiger partial charge in [0.15, 0.2) is 0 Å². The number of carbonyl (C=O) groups is 1. The van der Waals surface area contributed by atoms with Crippen LogP contribution in [0.1, 0.15) is 48.6 Å². The molecule has 0 saturated carbocycles. The number of hydrogen-bond acceptors (Lipinski definition) is 4. The monoisotopic (exact) mass is 366 g/mol. The van der Waals surface area contributed by atoms with Crippen molar-refractivity contribution in [3.8, 4) is 5.75 Å². The van der Waals surface area contributed by atoms with E-state index in [1.54, 1.807) is 18.4 Å². The molecule has 0 spiro atoms. The Labute approximate surface area is 159 Å². The van der Waals surface area contributed by atoms with E-state index in [0.29, 0.717) is 5.58 Å². The summed E-state index contributed by atoms with van der Waals surface area (Å²) in [6.45, 7) is 10.9. The predicted molar refractivity (Wildman–Crippen MR) is 106 cm³/mol. The van der Waals surface area contributed by atoms with Crippen LogP contribution in [0.25, 0.3) is 11.0 Å². The maximum absolute atomic E-state index is 12.3. The standard InChI is InChI=1S/C23H26O4/c1-14-8-17(23(3,4)5)9-15(2)20(14)13-27-22(25)10-16-12-26-21-11-18(24)6-7-19(16)21/h6-9,11-12,24H,10,13H2,1-5H3. The van der Waals surface area contributed by atoms with Gasteiger partial charge in [-0.05, 0) is 53.6 Å². The Morgan fingerprint density at radius 2 is 1.78 bits per heavy atom. The number of ether oxygens (including phenoxy) is 1. The van der Waals surface area contributed by atoms with E-state index in [4.69, 9.17) is 9.15 Å². The van der Waals surface area contributed by atoms with Gasteiger partial charge in [0.2, 0.25) is 0 Å². The molecular formula is C23H26O4. The molecule has 3 rings (SSSR count). The van der Waals surface area contributed by atoms with E-state index in [-0.39, 0.29) is 30.2 Å².